The Morgan fingerprint density at radius 3 is 1.12 bits per heavy atom. The minimum Gasteiger partial charge on any atom is -0.393 e. The van der Waals surface area contributed by atoms with Crippen molar-refractivity contribution in [3.8, 4) is 0 Å². The van der Waals surface area contributed by atoms with Crippen molar-refractivity contribution >= 4 is 23.9 Å². The molecular formula is C33H61NO6. The van der Waals surface area contributed by atoms with Crippen molar-refractivity contribution < 1.29 is 28.7 Å². The molecule has 0 heterocycles. The summed E-state index contributed by atoms with van der Waals surface area (Å²) in [5, 5.41) is 0. The van der Waals surface area contributed by atoms with E-state index in [4.69, 9.17) is 15.2 Å². The fraction of sp³-hybridized carbons (Fsp3) is 0.879. The molecule has 0 rings (SSSR count). The lowest BCUT2D eigenvalue weighted by atomic mass is 10.1. The number of ether oxygens (including phenoxy) is 2. The van der Waals surface area contributed by atoms with Crippen LogP contribution in [0.25, 0.3) is 0 Å². The van der Waals surface area contributed by atoms with E-state index in [1.54, 1.807) is 0 Å². The van der Waals surface area contributed by atoms with Crippen LogP contribution in [0.3, 0.4) is 0 Å². The van der Waals surface area contributed by atoms with E-state index < -0.39 is 29.9 Å². The van der Waals surface area contributed by atoms with Crippen LogP contribution in [0.1, 0.15) is 181 Å². The van der Waals surface area contributed by atoms with Gasteiger partial charge in [-0.15, -0.1) is 0 Å². The zero-order valence-corrected chi connectivity index (χ0v) is 26.0. The summed E-state index contributed by atoms with van der Waals surface area (Å²) >= 11 is 0. The first-order chi connectivity index (χ1) is 19.4. The predicted octanol–water partition coefficient (Wildman–Crippen LogP) is 8.64. The first kappa shape index (κ1) is 38.2. The van der Waals surface area contributed by atoms with Crippen LogP contribution in [0.15, 0.2) is 0 Å². The summed E-state index contributed by atoms with van der Waals surface area (Å²) in [6.45, 7) is 4.45. The van der Waals surface area contributed by atoms with Crippen LogP contribution >= 0.6 is 0 Å². The number of carbonyl (C=O) groups excluding carboxylic acids is 4. The maximum absolute atomic E-state index is 12.0. The van der Waals surface area contributed by atoms with Crippen molar-refractivity contribution in [3.63, 3.8) is 0 Å². The van der Waals surface area contributed by atoms with Gasteiger partial charge in [0.05, 0.1) is 0 Å². The minimum atomic E-state index is -1.10. The maximum Gasteiger partial charge on any atom is 0.330 e. The molecule has 0 amide bonds. The van der Waals surface area contributed by atoms with Crippen LogP contribution in [0.5, 0.6) is 0 Å². The molecule has 7 heteroatoms. The van der Waals surface area contributed by atoms with Crippen LogP contribution in [0.4, 0.5) is 0 Å². The van der Waals surface area contributed by atoms with Gasteiger partial charge in [0.15, 0.2) is 0 Å². The Kier molecular flexibility index (Phi) is 27.5. The molecule has 1 atom stereocenters. The molecule has 0 fully saturated rings. The summed E-state index contributed by atoms with van der Waals surface area (Å²) in [4.78, 5) is 47.7. The molecule has 0 aliphatic rings. The van der Waals surface area contributed by atoms with E-state index >= 15 is 0 Å². The summed E-state index contributed by atoms with van der Waals surface area (Å²) in [5.41, 5.74) is 5.76. The van der Waals surface area contributed by atoms with Gasteiger partial charge >= 0.3 is 23.9 Å². The van der Waals surface area contributed by atoms with Crippen molar-refractivity contribution in [1.82, 2.24) is 0 Å². The van der Waals surface area contributed by atoms with Crippen molar-refractivity contribution in [1.29, 1.82) is 0 Å². The zero-order chi connectivity index (χ0) is 29.7. The third-order valence-corrected chi connectivity index (χ3v) is 7.37. The molecule has 0 spiro atoms. The van der Waals surface area contributed by atoms with Gasteiger partial charge in [-0.25, -0.2) is 4.79 Å². The molecule has 0 aromatic rings. The predicted molar refractivity (Wildman–Crippen MR) is 162 cm³/mol. The minimum absolute atomic E-state index is 0.0326. The molecular weight excluding hydrogens is 506 g/mol. The van der Waals surface area contributed by atoms with E-state index in [9.17, 15) is 19.2 Å². The second-order valence-corrected chi connectivity index (χ2v) is 11.4. The number of unbranched alkanes of at least 4 members (excludes halogenated alkanes) is 20. The Labute approximate surface area is 245 Å². The molecule has 0 radical (unpaired) electrons. The SMILES string of the molecule is CCCCCCCCCCCCCC(=O)OC(=O)CCC(N)C(=O)OC(=O)CCCCCCCCCCCCC. The highest BCUT2D eigenvalue weighted by atomic mass is 16.6. The first-order valence-corrected chi connectivity index (χ1v) is 16.6. The van der Waals surface area contributed by atoms with E-state index in [1.165, 1.54) is 103 Å². The quantitative estimate of drug-likeness (QED) is 0.0572. The maximum atomic E-state index is 12.0. The van der Waals surface area contributed by atoms with E-state index in [-0.39, 0.29) is 25.7 Å². The lowest BCUT2D eigenvalue weighted by molar-refractivity contribution is -0.160. The lowest BCUT2D eigenvalue weighted by Gasteiger charge is -2.10. The fourth-order valence-corrected chi connectivity index (χ4v) is 4.73. The highest BCUT2D eigenvalue weighted by molar-refractivity contribution is 5.89. The topological polar surface area (TPSA) is 113 Å². The van der Waals surface area contributed by atoms with Crippen molar-refractivity contribution in [2.24, 2.45) is 5.73 Å². The fourth-order valence-electron chi connectivity index (χ4n) is 4.73. The number of rotatable bonds is 28. The van der Waals surface area contributed by atoms with Gasteiger partial charge in [0.25, 0.3) is 0 Å². The molecule has 0 aromatic heterocycles. The van der Waals surface area contributed by atoms with Gasteiger partial charge in [0, 0.05) is 19.3 Å². The van der Waals surface area contributed by atoms with Crippen LogP contribution in [0.2, 0.25) is 0 Å². The molecule has 234 valence electrons. The number of carbonyl (C=O) groups is 4. The Morgan fingerprint density at radius 1 is 0.450 bits per heavy atom. The smallest absolute Gasteiger partial charge is 0.330 e. The summed E-state index contributed by atoms with van der Waals surface area (Å²) in [6.07, 6.45) is 26.2. The van der Waals surface area contributed by atoms with Gasteiger partial charge in [0.2, 0.25) is 0 Å². The Morgan fingerprint density at radius 2 is 0.750 bits per heavy atom. The number of hydrogen-bond donors (Lipinski definition) is 1. The number of esters is 4. The molecule has 40 heavy (non-hydrogen) atoms. The highest BCUT2D eigenvalue weighted by Gasteiger charge is 2.21. The third kappa shape index (κ3) is 26.5. The Bertz CT molecular complexity index is 651. The molecule has 2 N–H and O–H groups in total. The molecule has 0 bridgehead atoms. The molecule has 0 saturated carbocycles. The average Bonchev–Trinajstić information content (AvgIpc) is 2.93. The summed E-state index contributed by atoms with van der Waals surface area (Å²) in [5.74, 6) is -2.67. The monoisotopic (exact) mass is 567 g/mol. The largest absolute Gasteiger partial charge is 0.393 e. The van der Waals surface area contributed by atoms with Gasteiger partial charge in [0.1, 0.15) is 6.04 Å². The molecule has 0 saturated heterocycles. The molecule has 1 unspecified atom stereocenters. The zero-order valence-electron chi connectivity index (χ0n) is 26.0. The standard InChI is InChI=1S/C33H61NO6/c1-3-5-7-9-11-13-15-17-19-21-23-25-30(35)39-32(37)28-27-29(34)33(38)40-31(36)26-24-22-20-18-16-14-12-10-8-6-4-2/h29H,3-28,34H2,1-2H3. The van der Waals surface area contributed by atoms with Gasteiger partial charge in [-0.05, 0) is 19.3 Å². The average molecular weight is 568 g/mol. The normalized spacial score (nSPS) is 11.8. The summed E-state index contributed by atoms with van der Waals surface area (Å²) in [7, 11) is 0. The Balaban J connectivity index is 3.69. The number of nitrogens with two attached hydrogens (primary N) is 1. The van der Waals surface area contributed by atoms with Crippen LogP contribution in [-0.4, -0.2) is 29.9 Å². The second-order valence-electron chi connectivity index (χ2n) is 11.4. The lowest BCUT2D eigenvalue weighted by Crippen LogP contribution is -2.34. The van der Waals surface area contributed by atoms with Crippen LogP contribution in [0, 0.1) is 0 Å². The molecule has 0 aliphatic heterocycles. The van der Waals surface area contributed by atoms with E-state index in [1.807, 2.05) is 0 Å². The van der Waals surface area contributed by atoms with Crippen LogP contribution in [-0.2, 0) is 28.7 Å². The Hall–Kier alpha value is -1.76. The molecule has 7 nitrogen and oxygen atoms in total. The first-order valence-electron chi connectivity index (χ1n) is 16.6. The van der Waals surface area contributed by atoms with E-state index in [0.29, 0.717) is 12.8 Å². The van der Waals surface area contributed by atoms with E-state index in [2.05, 4.69) is 13.8 Å². The van der Waals surface area contributed by atoms with Gasteiger partial charge in [-0.2, -0.15) is 0 Å². The summed E-state index contributed by atoms with van der Waals surface area (Å²) < 4.78 is 9.64. The molecule has 0 aromatic carbocycles. The van der Waals surface area contributed by atoms with Crippen LogP contribution < -0.4 is 5.73 Å². The van der Waals surface area contributed by atoms with Gasteiger partial charge in [-0.3, -0.25) is 14.4 Å². The second kappa shape index (κ2) is 28.8. The molecule has 0 aliphatic carbocycles. The van der Waals surface area contributed by atoms with E-state index in [0.717, 1.165) is 25.7 Å². The number of hydrogen-bond acceptors (Lipinski definition) is 7. The van der Waals surface area contributed by atoms with Gasteiger partial charge in [-0.1, -0.05) is 142 Å². The van der Waals surface area contributed by atoms with Crippen molar-refractivity contribution in [3.05, 3.63) is 0 Å². The third-order valence-electron chi connectivity index (χ3n) is 7.37. The highest BCUT2D eigenvalue weighted by Crippen LogP contribution is 2.14. The van der Waals surface area contributed by atoms with Crippen molar-refractivity contribution in [2.45, 2.75) is 187 Å². The summed E-state index contributed by atoms with van der Waals surface area (Å²) in [6, 6.07) is -1.10. The van der Waals surface area contributed by atoms with Gasteiger partial charge < -0.3 is 15.2 Å². The van der Waals surface area contributed by atoms with Crippen molar-refractivity contribution in [2.75, 3.05) is 0 Å².